The normalized spacial score (nSPS) is 12.0. The third-order valence-corrected chi connectivity index (χ3v) is 5.46. The highest BCUT2D eigenvalue weighted by atomic mass is 32.1. The molecule has 0 aliphatic heterocycles. The number of methoxy groups -OCH3 is 1. The molecule has 0 aliphatic rings. The van der Waals surface area contributed by atoms with Gasteiger partial charge in [-0.3, -0.25) is 4.79 Å². The molecule has 2 aromatic carbocycles. The number of carbonyl (C=O) groups is 1. The van der Waals surface area contributed by atoms with Crippen molar-refractivity contribution in [1.82, 2.24) is 4.57 Å². The van der Waals surface area contributed by atoms with Gasteiger partial charge in [0.1, 0.15) is 11.3 Å². The molecule has 0 radical (unpaired) electrons. The maximum atomic E-state index is 12.8. The zero-order valence-corrected chi connectivity index (χ0v) is 16.7. The topological polar surface area (TPSA) is 66.0 Å². The number of rotatable bonds is 5. The third kappa shape index (κ3) is 3.07. The number of hydrogen-bond acceptors (Lipinski definition) is 5. The fourth-order valence-corrected chi connectivity index (χ4v) is 4.30. The number of para-hydroxylation sites is 2. The summed E-state index contributed by atoms with van der Waals surface area (Å²) >= 11 is 1.46. The molecule has 144 valence electrons. The molecular weight excluding hydrogens is 376 g/mol. The SMILES string of the molecule is CCOc1cccc2sc(=NC(=O)c3cc4cccc(OC)c4o3)n(CC)c12. The lowest BCUT2D eigenvalue weighted by atomic mass is 10.2. The molecule has 1 amide bonds. The summed E-state index contributed by atoms with van der Waals surface area (Å²) in [7, 11) is 1.57. The van der Waals surface area contributed by atoms with E-state index in [1.807, 2.05) is 48.7 Å². The highest BCUT2D eigenvalue weighted by Crippen LogP contribution is 2.29. The fourth-order valence-electron chi connectivity index (χ4n) is 3.19. The molecule has 7 heteroatoms. The molecule has 0 bridgehead atoms. The van der Waals surface area contributed by atoms with E-state index in [4.69, 9.17) is 13.9 Å². The highest BCUT2D eigenvalue weighted by Gasteiger charge is 2.16. The molecule has 0 saturated carbocycles. The van der Waals surface area contributed by atoms with Gasteiger partial charge in [0.25, 0.3) is 0 Å². The molecule has 28 heavy (non-hydrogen) atoms. The molecule has 2 aromatic heterocycles. The van der Waals surface area contributed by atoms with Crippen LogP contribution in [0.15, 0.2) is 51.9 Å². The van der Waals surface area contributed by atoms with Crippen LogP contribution in [-0.2, 0) is 6.54 Å². The van der Waals surface area contributed by atoms with E-state index in [9.17, 15) is 4.79 Å². The predicted molar refractivity (Wildman–Crippen MR) is 109 cm³/mol. The van der Waals surface area contributed by atoms with Crippen molar-refractivity contribution in [2.24, 2.45) is 4.99 Å². The first kappa shape index (κ1) is 18.3. The average molecular weight is 396 g/mol. The van der Waals surface area contributed by atoms with E-state index in [1.54, 1.807) is 19.2 Å². The van der Waals surface area contributed by atoms with Gasteiger partial charge in [0.15, 0.2) is 21.9 Å². The van der Waals surface area contributed by atoms with Gasteiger partial charge in [0.2, 0.25) is 0 Å². The zero-order chi connectivity index (χ0) is 19.7. The van der Waals surface area contributed by atoms with Crippen LogP contribution < -0.4 is 14.3 Å². The van der Waals surface area contributed by atoms with E-state index < -0.39 is 5.91 Å². The number of benzene rings is 2. The maximum Gasteiger partial charge on any atom is 0.315 e. The zero-order valence-electron chi connectivity index (χ0n) is 15.9. The Balaban J connectivity index is 1.83. The van der Waals surface area contributed by atoms with Crippen LogP contribution >= 0.6 is 11.3 Å². The average Bonchev–Trinajstić information content (AvgIpc) is 3.29. The minimum atomic E-state index is -0.426. The van der Waals surface area contributed by atoms with Gasteiger partial charge in [-0.2, -0.15) is 4.99 Å². The number of amides is 1. The van der Waals surface area contributed by atoms with Gasteiger partial charge in [-0.1, -0.05) is 29.5 Å². The summed E-state index contributed by atoms with van der Waals surface area (Å²) in [6, 6.07) is 13.1. The van der Waals surface area contributed by atoms with Gasteiger partial charge in [0.05, 0.1) is 18.4 Å². The minimum absolute atomic E-state index is 0.185. The van der Waals surface area contributed by atoms with Crippen molar-refractivity contribution in [2.75, 3.05) is 13.7 Å². The van der Waals surface area contributed by atoms with Crippen molar-refractivity contribution in [1.29, 1.82) is 0 Å². The second kappa shape index (κ2) is 7.52. The summed E-state index contributed by atoms with van der Waals surface area (Å²) in [5, 5.41) is 0.802. The second-order valence-electron chi connectivity index (χ2n) is 6.07. The van der Waals surface area contributed by atoms with Crippen molar-refractivity contribution in [3.63, 3.8) is 0 Å². The molecule has 0 spiro atoms. The van der Waals surface area contributed by atoms with E-state index in [0.29, 0.717) is 29.3 Å². The monoisotopic (exact) mass is 396 g/mol. The molecule has 0 fully saturated rings. The Hall–Kier alpha value is -3.06. The quantitative estimate of drug-likeness (QED) is 0.494. The Bertz CT molecular complexity index is 1230. The van der Waals surface area contributed by atoms with Gasteiger partial charge in [-0.15, -0.1) is 0 Å². The van der Waals surface area contributed by atoms with Crippen LogP contribution in [0.5, 0.6) is 11.5 Å². The summed E-state index contributed by atoms with van der Waals surface area (Å²) in [5.41, 5.74) is 1.50. The van der Waals surface area contributed by atoms with Crippen LogP contribution in [0.3, 0.4) is 0 Å². The standard InChI is InChI=1S/C21H20N2O4S/c1-4-23-18-14(26-5-2)9-7-11-17(18)28-21(23)22-20(24)16-12-13-8-6-10-15(25-3)19(13)27-16/h6-12H,4-5H2,1-3H3. The Morgan fingerprint density at radius 3 is 2.71 bits per heavy atom. The van der Waals surface area contributed by atoms with Gasteiger partial charge >= 0.3 is 5.91 Å². The van der Waals surface area contributed by atoms with Crippen LogP contribution in [-0.4, -0.2) is 24.2 Å². The Kier molecular flexibility index (Phi) is 4.92. The molecule has 0 saturated heterocycles. The molecular formula is C21H20N2O4S. The van der Waals surface area contributed by atoms with Crippen molar-refractivity contribution < 1.29 is 18.7 Å². The smallest absolute Gasteiger partial charge is 0.315 e. The van der Waals surface area contributed by atoms with E-state index in [0.717, 1.165) is 21.4 Å². The number of nitrogens with zero attached hydrogens (tertiary/aromatic N) is 2. The highest BCUT2D eigenvalue weighted by molar-refractivity contribution is 7.16. The first-order valence-electron chi connectivity index (χ1n) is 9.07. The second-order valence-corrected chi connectivity index (χ2v) is 7.08. The number of aromatic nitrogens is 1. The van der Waals surface area contributed by atoms with Crippen molar-refractivity contribution in [2.45, 2.75) is 20.4 Å². The number of carbonyl (C=O) groups excluding carboxylic acids is 1. The summed E-state index contributed by atoms with van der Waals surface area (Å²) in [6.45, 7) is 5.21. The van der Waals surface area contributed by atoms with Crippen LogP contribution in [0, 0.1) is 0 Å². The summed E-state index contributed by atoms with van der Waals surface area (Å²) in [4.78, 5) is 17.8. The summed E-state index contributed by atoms with van der Waals surface area (Å²) in [5.74, 6) is 1.14. The third-order valence-electron chi connectivity index (χ3n) is 4.42. The fraction of sp³-hybridized carbons (Fsp3) is 0.238. The van der Waals surface area contributed by atoms with Crippen molar-refractivity contribution in [3.05, 3.63) is 53.0 Å². The lowest BCUT2D eigenvalue weighted by Crippen LogP contribution is -2.16. The van der Waals surface area contributed by atoms with Gasteiger partial charge in [-0.05, 0) is 38.1 Å². The Morgan fingerprint density at radius 1 is 1.18 bits per heavy atom. The Labute approximate surface area is 165 Å². The number of hydrogen-bond donors (Lipinski definition) is 0. The lowest BCUT2D eigenvalue weighted by molar-refractivity contribution is 0.0973. The van der Waals surface area contributed by atoms with Crippen molar-refractivity contribution >= 4 is 38.4 Å². The first-order chi connectivity index (χ1) is 13.7. The molecule has 6 nitrogen and oxygen atoms in total. The molecule has 4 rings (SSSR count). The number of aryl methyl sites for hydroxylation is 1. The largest absolute Gasteiger partial charge is 0.493 e. The first-order valence-corrected chi connectivity index (χ1v) is 9.88. The number of fused-ring (bicyclic) bond motifs is 2. The van der Waals surface area contributed by atoms with Gasteiger partial charge in [0, 0.05) is 11.9 Å². The lowest BCUT2D eigenvalue weighted by Gasteiger charge is -2.07. The van der Waals surface area contributed by atoms with Crippen LogP contribution in [0.25, 0.3) is 21.2 Å². The number of ether oxygens (including phenoxy) is 2. The Morgan fingerprint density at radius 2 is 1.96 bits per heavy atom. The van der Waals surface area contributed by atoms with E-state index >= 15 is 0 Å². The minimum Gasteiger partial charge on any atom is -0.493 e. The van der Waals surface area contributed by atoms with E-state index in [-0.39, 0.29) is 5.76 Å². The van der Waals surface area contributed by atoms with Gasteiger partial charge < -0.3 is 18.5 Å². The number of thiazole rings is 1. The maximum absolute atomic E-state index is 12.8. The molecule has 2 heterocycles. The van der Waals surface area contributed by atoms with Crippen LogP contribution in [0.2, 0.25) is 0 Å². The van der Waals surface area contributed by atoms with Crippen molar-refractivity contribution in [3.8, 4) is 11.5 Å². The summed E-state index contributed by atoms with van der Waals surface area (Å²) in [6.07, 6.45) is 0. The number of furan rings is 1. The van der Waals surface area contributed by atoms with Crippen LogP contribution in [0.4, 0.5) is 0 Å². The molecule has 0 unspecified atom stereocenters. The molecule has 4 aromatic rings. The van der Waals surface area contributed by atoms with Crippen LogP contribution in [0.1, 0.15) is 24.4 Å². The van der Waals surface area contributed by atoms with E-state index in [2.05, 4.69) is 4.99 Å². The summed E-state index contributed by atoms with van der Waals surface area (Å²) < 4.78 is 19.8. The van der Waals surface area contributed by atoms with Gasteiger partial charge in [-0.25, -0.2) is 0 Å². The predicted octanol–water partition coefficient (Wildman–Crippen LogP) is 4.62. The van der Waals surface area contributed by atoms with E-state index in [1.165, 1.54) is 11.3 Å². The molecule has 0 N–H and O–H groups in total. The molecule has 0 atom stereocenters. The molecule has 0 aliphatic carbocycles.